The minimum atomic E-state index is -1.87. The van der Waals surface area contributed by atoms with Gasteiger partial charge < -0.3 is 58.0 Å². The molecule has 4 fully saturated rings. The summed E-state index contributed by atoms with van der Waals surface area (Å²) >= 11 is 0. The van der Waals surface area contributed by atoms with Crippen molar-refractivity contribution in [1.29, 1.82) is 0 Å². The Balaban J connectivity index is 1.37. The van der Waals surface area contributed by atoms with E-state index in [0.717, 1.165) is 12.0 Å². The number of carbonyl (C=O) groups excluding carboxylic acids is 1. The summed E-state index contributed by atoms with van der Waals surface area (Å²) in [6.07, 6.45) is 8.98. The van der Waals surface area contributed by atoms with Crippen LogP contribution in [0.25, 0.3) is 0 Å². The molecular weight excluding hydrogens is 736 g/mol. The highest BCUT2D eigenvalue weighted by atomic mass is 16.7. The lowest BCUT2D eigenvalue weighted by atomic mass is 9.59. The number of aliphatic hydroxyl groups is 3. The summed E-state index contributed by atoms with van der Waals surface area (Å²) in [6.45, 7) is 13.9. The number of rotatable bonds is 9. The highest BCUT2D eigenvalue weighted by molar-refractivity contribution is 5.76. The van der Waals surface area contributed by atoms with E-state index in [9.17, 15) is 20.1 Å². The molecule has 0 unspecified atom stereocenters. The number of aliphatic hydroxyl groups excluding tert-OH is 2. The quantitative estimate of drug-likeness (QED) is 0.164. The van der Waals surface area contributed by atoms with Crippen LogP contribution in [-0.4, -0.2) is 128 Å². The number of ether oxygens (including phenoxy) is 9. The number of carbonyl (C=O) groups is 1. The second-order valence-corrected chi connectivity index (χ2v) is 17.8. The van der Waals surface area contributed by atoms with Crippen LogP contribution in [-0.2, 0) is 47.4 Å². The number of hydrogen-bond donors (Lipinski definition) is 3. The number of methoxy groups -OCH3 is 2. The Morgan fingerprint density at radius 1 is 1.05 bits per heavy atom. The normalized spacial score (nSPS) is 48.3. The van der Waals surface area contributed by atoms with Crippen molar-refractivity contribution in [1.82, 2.24) is 0 Å². The van der Waals surface area contributed by atoms with Gasteiger partial charge in [0.05, 0.1) is 55.8 Å². The Labute approximate surface area is 338 Å². The zero-order valence-corrected chi connectivity index (χ0v) is 35.3. The smallest absolute Gasteiger partial charge is 0.312 e. The topological polar surface area (TPSA) is 161 Å². The molecule has 5 aliphatic heterocycles. The van der Waals surface area contributed by atoms with E-state index in [1.54, 1.807) is 27.2 Å². The highest BCUT2D eigenvalue weighted by Crippen LogP contribution is 2.53. The van der Waals surface area contributed by atoms with Crippen LogP contribution in [0.1, 0.15) is 87.0 Å². The molecule has 6 aliphatic rings. The lowest BCUT2D eigenvalue weighted by Gasteiger charge is -2.51. The predicted octanol–water partition coefficient (Wildman–Crippen LogP) is 4.91. The van der Waals surface area contributed by atoms with E-state index < -0.39 is 66.0 Å². The van der Waals surface area contributed by atoms with Crippen LogP contribution in [0.5, 0.6) is 0 Å². The minimum absolute atomic E-state index is 0.00337. The molecule has 0 radical (unpaired) electrons. The van der Waals surface area contributed by atoms with Crippen LogP contribution in [0.15, 0.2) is 47.6 Å². The third-order valence-electron chi connectivity index (χ3n) is 13.6. The first-order chi connectivity index (χ1) is 27.1. The molecule has 322 valence electrons. The van der Waals surface area contributed by atoms with Gasteiger partial charge in [-0.05, 0) is 49.8 Å². The second-order valence-electron chi connectivity index (χ2n) is 17.8. The number of allylic oxidation sites excluding steroid dienone is 2. The Morgan fingerprint density at radius 2 is 1.82 bits per heavy atom. The van der Waals surface area contributed by atoms with Gasteiger partial charge in [0, 0.05) is 50.7 Å². The van der Waals surface area contributed by atoms with E-state index in [1.807, 2.05) is 32.1 Å². The maximum absolute atomic E-state index is 14.5. The molecular formula is C44H68O13. The standard InChI is InChI=1S/C44H68O13/c1-10-25(2)37-28(5)16-17-43(57-37)20-32-18-31(56-43)15-14-27(4)36(55-35-19-34(50-9)38(29(6)53-35)52-24-49-8)26(3)12-11-13-30-22-51-40-39(46)42(7,23-45)21-33(41(47)54-32)44(30,40)48/h11-14,16-17,25-26,28-29,31-40,45-46,48H,10,15,18-24H2,1-9H3/b12-11+,27-14+,30-13+/t25-,26-,28-,29-,31+,32-,33-,34-,35-,36-,37+,38-,39-,40+,42-,43+,44+/m0/s1. The molecule has 3 N–H and O–H groups in total. The van der Waals surface area contributed by atoms with Crippen LogP contribution in [0.3, 0.4) is 0 Å². The maximum atomic E-state index is 14.5. The molecule has 3 saturated heterocycles. The Bertz CT molecular complexity index is 1510. The maximum Gasteiger partial charge on any atom is 0.312 e. The van der Waals surface area contributed by atoms with Crippen molar-refractivity contribution in [2.75, 3.05) is 34.2 Å². The first-order valence-corrected chi connectivity index (χ1v) is 21.0. The van der Waals surface area contributed by atoms with Crippen molar-refractivity contribution >= 4 is 5.97 Å². The predicted molar refractivity (Wildman–Crippen MR) is 209 cm³/mol. The lowest BCUT2D eigenvalue weighted by Crippen LogP contribution is -2.65. The summed E-state index contributed by atoms with van der Waals surface area (Å²) in [5, 5.41) is 34.6. The highest BCUT2D eigenvalue weighted by Gasteiger charge is 2.65. The van der Waals surface area contributed by atoms with Gasteiger partial charge in [-0.2, -0.15) is 0 Å². The SMILES string of the molecule is CC[C@H](C)[C@H]1O[C@]2(C=C[C@@H]1C)C[C@@H]1C[C@@H](C/C=C(\C)[C@@H](O[C@H]3C[C@H](OC)[C@@H](OCOC)[C@H](C)O3)[C@@H](C)/C=C/C=C3\CO[C@@H]4[C@H](O)[C@](C)(CO)C[C@@H](C(=O)O1)[C@]34O)O2. The Morgan fingerprint density at radius 3 is 2.53 bits per heavy atom. The first kappa shape index (κ1) is 44.5. The van der Waals surface area contributed by atoms with Gasteiger partial charge in [0.2, 0.25) is 0 Å². The lowest BCUT2D eigenvalue weighted by molar-refractivity contribution is -0.300. The molecule has 1 spiro atoms. The van der Waals surface area contributed by atoms with Crippen LogP contribution >= 0.6 is 0 Å². The fraction of sp³-hybridized carbons (Fsp3) is 0.795. The summed E-state index contributed by atoms with van der Waals surface area (Å²) in [6, 6.07) is 0. The largest absolute Gasteiger partial charge is 0.462 e. The molecule has 0 aromatic rings. The third-order valence-corrected chi connectivity index (χ3v) is 13.6. The fourth-order valence-corrected chi connectivity index (χ4v) is 9.85. The Hall–Kier alpha value is -2.01. The molecule has 13 heteroatoms. The monoisotopic (exact) mass is 804 g/mol. The van der Waals surface area contributed by atoms with E-state index in [1.165, 1.54) is 0 Å². The van der Waals surface area contributed by atoms with E-state index >= 15 is 0 Å². The first-order valence-electron chi connectivity index (χ1n) is 21.0. The van der Waals surface area contributed by atoms with Gasteiger partial charge in [0.15, 0.2) is 12.1 Å². The van der Waals surface area contributed by atoms with Crippen molar-refractivity contribution in [3.8, 4) is 0 Å². The zero-order valence-electron chi connectivity index (χ0n) is 35.3. The summed E-state index contributed by atoms with van der Waals surface area (Å²) in [5.41, 5.74) is -1.56. The number of hydrogen-bond acceptors (Lipinski definition) is 13. The average Bonchev–Trinajstić information content (AvgIpc) is 3.53. The van der Waals surface area contributed by atoms with Crippen molar-refractivity contribution in [2.45, 2.75) is 160 Å². The molecule has 13 nitrogen and oxygen atoms in total. The van der Waals surface area contributed by atoms with Gasteiger partial charge in [0.1, 0.15) is 30.7 Å². The Kier molecular flexibility index (Phi) is 14.3. The van der Waals surface area contributed by atoms with Crippen molar-refractivity contribution < 1.29 is 62.7 Å². The molecule has 0 aromatic heterocycles. The van der Waals surface area contributed by atoms with Crippen molar-refractivity contribution in [3.63, 3.8) is 0 Å². The van der Waals surface area contributed by atoms with E-state index in [-0.39, 0.29) is 74.5 Å². The molecule has 57 heavy (non-hydrogen) atoms. The van der Waals surface area contributed by atoms with Crippen molar-refractivity contribution in [2.24, 2.45) is 29.1 Å². The second kappa shape index (κ2) is 18.3. The van der Waals surface area contributed by atoms with Crippen LogP contribution in [0.2, 0.25) is 0 Å². The van der Waals surface area contributed by atoms with E-state index in [0.29, 0.717) is 24.8 Å². The molecule has 6 rings (SSSR count). The minimum Gasteiger partial charge on any atom is -0.462 e. The number of esters is 1. The van der Waals surface area contributed by atoms with Crippen LogP contribution in [0, 0.1) is 29.1 Å². The number of fused-ring (bicyclic) bond motifs is 2. The molecule has 1 saturated carbocycles. The van der Waals surface area contributed by atoms with Gasteiger partial charge in [-0.1, -0.05) is 71.4 Å². The van der Waals surface area contributed by atoms with Crippen molar-refractivity contribution in [3.05, 3.63) is 47.6 Å². The van der Waals surface area contributed by atoms with Gasteiger partial charge in [-0.15, -0.1) is 0 Å². The summed E-state index contributed by atoms with van der Waals surface area (Å²) in [7, 11) is 3.23. The summed E-state index contributed by atoms with van der Waals surface area (Å²) < 4.78 is 56.3. The van der Waals surface area contributed by atoms with Gasteiger partial charge >= 0.3 is 5.97 Å². The molecule has 1 aliphatic carbocycles. The fourth-order valence-electron chi connectivity index (χ4n) is 9.85. The average molecular weight is 805 g/mol. The van der Waals surface area contributed by atoms with Crippen LogP contribution < -0.4 is 0 Å². The molecule has 2 bridgehead atoms. The third kappa shape index (κ3) is 9.05. The van der Waals surface area contributed by atoms with E-state index in [4.69, 9.17) is 42.6 Å². The molecule has 0 aromatic carbocycles. The van der Waals surface area contributed by atoms with Gasteiger partial charge in [-0.3, -0.25) is 4.79 Å². The zero-order chi connectivity index (χ0) is 41.3. The van der Waals surface area contributed by atoms with E-state index in [2.05, 4.69) is 39.8 Å². The van der Waals surface area contributed by atoms with Gasteiger partial charge in [0.25, 0.3) is 0 Å². The summed E-state index contributed by atoms with van der Waals surface area (Å²) in [5.74, 6) is -2.58. The molecule has 17 atom stereocenters. The summed E-state index contributed by atoms with van der Waals surface area (Å²) in [4.78, 5) is 14.5. The van der Waals surface area contributed by atoms with Gasteiger partial charge in [-0.25, -0.2) is 0 Å². The molecule has 5 heterocycles. The molecule has 0 amide bonds. The van der Waals surface area contributed by atoms with Crippen LogP contribution in [0.4, 0.5) is 0 Å².